The van der Waals surface area contributed by atoms with Crippen LogP contribution in [0.15, 0.2) is 0 Å². The van der Waals surface area contributed by atoms with E-state index in [0.29, 0.717) is 0 Å². The Balaban J connectivity index is 1.55. The zero-order valence-electron chi connectivity index (χ0n) is 10.6. The van der Waals surface area contributed by atoms with Gasteiger partial charge in [0.15, 0.2) is 0 Å². The number of hydrogen-bond donors (Lipinski definition) is 1. The van der Waals surface area contributed by atoms with E-state index in [4.69, 9.17) is 0 Å². The van der Waals surface area contributed by atoms with Gasteiger partial charge in [0.05, 0.1) is 0 Å². The molecule has 2 nitrogen and oxygen atoms in total. The zero-order chi connectivity index (χ0) is 11.0. The number of fused-ring (bicyclic) bond motifs is 1. The first-order chi connectivity index (χ1) is 7.83. The smallest absolute Gasteiger partial charge is 0.0249 e. The van der Waals surface area contributed by atoms with Crippen molar-refractivity contribution in [1.82, 2.24) is 10.2 Å². The van der Waals surface area contributed by atoms with E-state index in [-0.39, 0.29) is 0 Å². The molecule has 0 aromatic rings. The van der Waals surface area contributed by atoms with Crippen LogP contribution in [0.2, 0.25) is 0 Å². The summed E-state index contributed by atoms with van der Waals surface area (Å²) >= 11 is 0. The van der Waals surface area contributed by atoms with Gasteiger partial charge in [0.2, 0.25) is 0 Å². The van der Waals surface area contributed by atoms with Gasteiger partial charge in [-0.3, -0.25) is 4.90 Å². The summed E-state index contributed by atoms with van der Waals surface area (Å²) in [6, 6.07) is 2.53. The number of nitrogens with one attached hydrogen (secondary N) is 1. The fourth-order valence-electron chi connectivity index (χ4n) is 4.10. The molecule has 3 rings (SSSR count). The highest BCUT2D eigenvalue weighted by Crippen LogP contribution is 2.30. The quantitative estimate of drug-likeness (QED) is 0.772. The van der Waals surface area contributed by atoms with E-state index < -0.39 is 0 Å². The van der Waals surface area contributed by atoms with Crippen LogP contribution in [0.5, 0.6) is 0 Å². The van der Waals surface area contributed by atoms with Crippen molar-refractivity contribution in [2.45, 2.75) is 70.0 Å². The molecule has 3 fully saturated rings. The van der Waals surface area contributed by atoms with E-state index in [2.05, 4.69) is 17.1 Å². The minimum Gasteiger partial charge on any atom is -0.310 e. The van der Waals surface area contributed by atoms with E-state index in [1.165, 1.54) is 58.0 Å². The summed E-state index contributed by atoms with van der Waals surface area (Å²) in [6.45, 7) is 5.12. The van der Waals surface area contributed by atoms with Crippen LogP contribution in [0.1, 0.15) is 51.9 Å². The van der Waals surface area contributed by atoms with Crippen LogP contribution in [-0.4, -0.2) is 36.1 Å². The van der Waals surface area contributed by atoms with Crippen molar-refractivity contribution in [3.8, 4) is 0 Å². The Kier molecular flexibility index (Phi) is 3.21. The van der Waals surface area contributed by atoms with Gasteiger partial charge in [-0.15, -0.1) is 0 Å². The molecule has 0 bridgehead atoms. The molecule has 0 aromatic heterocycles. The van der Waals surface area contributed by atoms with E-state index in [9.17, 15) is 0 Å². The van der Waals surface area contributed by atoms with Gasteiger partial charge in [0.1, 0.15) is 0 Å². The summed E-state index contributed by atoms with van der Waals surface area (Å²) in [6.07, 6.45) is 10.0. The second-order valence-corrected chi connectivity index (χ2v) is 6.28. The van der Waals surface area contributed by atoms with Gasteiger partial charge in [-0.25, -0.2) is 0 Å². The highest BCUT2D eigenvalue weighted by molar-refractivity contribution is 4.96. The molecule has 16 heavy (non-hydrogen) atoms. The maximum Gasteiger partial charge on any atom is 0.0249 e. The van der Waals surface area contributed by atoms with Crippen molar-refractivity contribution in [3.63, 3.8) is 0 Å². The zero-order valence-corrected chi connectivity index (χ0v) is 10.6. The van der Waals surface area contributed by atoms with Gasteiger partial charge in [0.25, 0.3) is 0 Å². The Morgan fingerprint density at radius 3 is 2.75 bits per heavy atom. The molecule has 3 aliphatic rings. The Hall–Kier alpha value is -0.0800. The number of piperidine rings is 1. The summed E-state index contributed by atoms with van der Waals surface area (Å²) in [5, 5.41) is 3.97. The maximum absolute atomic E-state index is 3.97. The molecule has 0 aromatic carbocycles. The molecular formula is C14H26N2. The van der Waals surface area contributed by atoms with Gasteiger partial charge >= 0.3 is 0 Å². The molecule has 92 valence electrons. The topological polar surface area (TPSA) is 15.3 Å². The SMILES string of the molecule is CC1CCC(NC2CCN3CCCCC23)C1. The van der Waals surface area contributed by atoms with Gasteiger partial charge in [-0.2, -0.15) is 0 Å². The van der Waals surface area contributed by atoms with Crippen LogP contribution in [0.25, 0.3) is 0 Å². The van der Waals surface area contributed by atoms with Crippen molar-refractivity contribution in [2.24, 2.45) is 5.92 Å². The Morgan fingerprint density at radius 1 is 1.00 bits per heavy atom. The lowest BCUT2D eigenvalue weighted by molar-refractivity contribution is 0.176. The number of rotatable bonds is 2. The Labute approximate surface area is 99.8 Å². The second-order valence-electron chi connectivity index (χ2n) is 6.28. The largest absolute Gasteiger partial charge is 0.310 e. The summed E-state index contributed by atoms with van der Waals surface area (Å²) in [4.78, 5) is 2.74. The summed E-state index contributed by atoms with van der Waals surface area (Å²) in [7, 11) is 0. The molecule has 2 aliphatic heterocycles. The minimum atomic E-state index is 0.815. The van der Waals surface area contributed by atoms with E-state index in [1.54, 1.807) is 0 Å². The van der Waals surface area contributed by atoms with Gasteiger partial charge in [0, 0.05) is 24.7 Å². The predicted molar refractivity (Wildman–Crippen MR) is 67.6 cm³/mol. The average molecular weight is 222 g/mol. The third kappa shape index (κ3) is 2.14. The van der Waals surface area contributed by atoms with Crippen molar-refractivity contribution < 1.29 is 0 Å². The van der Waals surface area contributed by atoms with E-state index in [0.717, 1.165) is 24.0 Å². The molecule has 4 unspecified atom stereocenters. The van der Waals surface area contributed by atoms with Crippen LogP contribution < -0.4 is 5.32 Å². The highest BCUT2D eigenvalue weighted by Gasteiger charge is 2.37. The molecule has 4 atom stereocenters. The van der Waals surface area contributed by atoms with Crippen molar-refractivity contribution in [2.75, 3.05) is 13.1 Å². The molecule has 1 aliphatic carbocycles. The van der Waals surface area contributed by atoms with Gasteiger partial charge in [-0.1, -0.05) is 13.3 Å². The van der Waals surface area contributed by atoms with Crippen molar-refractivity contribution >= 4 is 0 Å². The Morgan fingerprint density at radius 2 is 1.94 bits per heavy atom. The van der Waals surface area contributed by atoms with E-state index in [1.807, 2.05) is 0 Å². The Bertz CT molecular complexity index is 241. The first kappa shape index (κ1) is 11.0. The maximum atomic E-state index is 3.97. The van der Waals surface area contributed by atoms with E-state index >= 15 is 0 Å². The van der Waals surface area contributed by atoms with Crippen LogP contribution >= 0.6 is 0 Å². The highest BCUT2D eigenvalue weighted by atomic mass is 15.2. The van der Waals surface area contributed by atoms with Gasteiger partial charge in [-0.05, 0) is 51.0 Å². The van der Waals surface area contributed by atoms with Gasteiger partial charge < -0.3 is 5.32 Å². The standard InChI is InChI=1S/C14H26N2/c1-11-5-6-12(10-11)15-13-7-9-16-8-3-2-4-14(13)16/h11-15H,2-10H2,1H3. The van der Waals surface area contributed by atoms with Crippen LogP contribution in [-0.2, 0) is 0 Å². The lowest BCUT2D eigenvalue weighted by Crippen LogP contribution is -2.47. The lowest BCUT2D eigenvalue weighted by atomic mass is 9.98. The summed E-state index contributed by atoms with van der Waals surface area (Å²) in [5.74, 6) is 0.960. The minimum absolute atomic E-state index is 0.815. The summed E-state index contributed by atoms with van der Waals surface area (Å²) < 4.78 is 0. The first-order valence-electron chi connectivity index (χ1n) is 7.33. The van der Waals surface area contributed by atoms with Crippen LogP contribution in [0.3, 0.4) is 0 Å². The molecule has 1 saturated carbocycles. The molecule has 0 radical (unpaired) electrons. The number of nitrogens with zero attached hydrogens (tertiary/aromatic N) is 1. The average Bonchev–Trinajstić information content (AvgIpc) is 2.87. The van der Waals surface area contributed by atoms with Crippen molar-refractivity contribution in [1.29, 1.82) is 0 Å². The molecule has 0 amide bonds. The lowest BCUT2D eigenvalue weighted by Gasteiger charge is -2.33. The monoisotopic (exact) mass is 222 g/mol. The second kappa shape index (κ2) is 4.66. The molecule has 2 heterocycles. The third-order valence-electron chi connectivity index (χ3n) is 5.00. The molecule has 2 saturated heterocycles. The fourth-order valence-corrected chi connectivity index (χ4v) is 4.10. The van der Waals surface area contributed by atoms with Crippen LogP contribution in [0, 0.1) is 5.92 Å². The molecule has 0 spiro atoms. The molecule has 1 N–H and O–H groups in total. The predicted octanol–water partition coefficient (Wildman–Crippen LogP) is 2.39. The molecule has 2 heteroatoms. The number of hydrogen-bond acceptors (Lipinski definition) is 2. The van der Waals surface area contributed by atoms with Crippen molar-refractivity contribution in [3.05, 3.63) is 0 Å². The first-order valence-corrected chi connectivity index (χ1v) is 7.33. The summed E-state index contributed by atoms with van der Waals surface area (Å²) in [5.41, 5.74) is 0. The normalized spacial score (nSPS) is 44.8. The third-order valence-corrected chi connectivity index (χ3v) is 5.00. The van der Waals surface area contributed by atoms with Crippen LogP contribution in [0.4, 0.5) is 0 Å². The molecular weight excluding hydrogens is 196 g/mol. The fraction of sp³-hybridized carbons (Fsp3) is 1.00.